The number of nitrogens with two attached hydrogens (primary N) is 1. The van der Waals surface area contributed by atoms with Gasteiger partial charge in [0.25, 0.3) is 0 Å². The molecule has 1 aromatic carbocycles. The zero-order chi connectivity index (χ0) is 13.1. The number of nitrogens with zero attached hydrogens (tertiary/aromatic N) is 3. The summed E-state index contributed by atoms with van der Waals surface area (Å²) in [5, 5.41) is 8.40. The number of hydrogen-bond donors (Lipinski definition) is 1. The predicted molar refractivity (Wildman–Crippen MR) is 73.4 cm³/mol. The zero-order valence-electron chi connectivity index (χ0n) is 11.2. The van der Waals surface area contributed by atoms with Crippen LogP contribution in [0.2, 0.25) is 0 Å². The minimum absolute atomic E-state index is 0.416. The Morgan fingerprint density at radius 2 is 1.89 bits per heavy atom. The Balaban J connectivity index is 2.15. The third kappa shape index (κ3) is 2.53. The maximum absolute atomic E-state index is 5.70. The minimum atomic E-state index is 0.416. The van der Waals surface area contributed by atoms with Gasteiger partial charge in [0.05, 0.1) is 0 Å². The van der Waals surface area contributed by atoms with E-state index in [1.54, 1.807) is 0 Å². The molecule has 1 heterocycles. The maximum atomic E-state index is 5.70. The molecule has 0 bridgehead atoms. The van der Waals surface area contributed by atoms with Crippen molar-refractivity contribution in [3.63, 3.8) is 0 Å². The lowest BCUT2D eigenvalue weighted by atomic mass is 9.97. The molecule has 18 heavy (non-hydrogen) atoms. The number of benzene rings is 1. The monoisotopic (exact) mass is 244 g/mol. The van der Waals surface area contributed by atoms with Crippen LogP contribution in [0.15, 0.2) is 24.3 Å². The smallest absolute Gasteiger partial charge is 0.133 e. The number of hydrogen-bond acceptors (Lipinski definition) is 3. The third-order valence-electron chi connectivity index (χ3n) is 3.32. The highest BCUT2D eigenvalue weighted by atomic mass is 15.3. The van der Waals surface area contributed by atoms with E-state index in [-0.39, 0.29) is 0 Å². The second-order valence-corrected chi connectivity index (χ2v) is 4.68. The van der Waals surface area contributed by atoms with Crippen LogP contribution in [0.3, 0.4) is 0 Å². The van der Waals surface area contributed by atoms with Crippen molar-refractivity contribution in [1.82, 2.24) is 14.8 Å². The molecule has 96 valence electrons. The first-order valence-corrected chi connectivity index (χ1v) is 6.36. The van der Waals surface area contributed by atoms with Gasteiger partial charge in [0.1, 0.15) is 11.6 Å². The van der Waals surface area contributed by atoms with Crippen LogP contribution in [-0.4, -0.2) is 14.8 Å². The van der Waals surface area contributed by atoms with Gasteiger partial charge in [-0.15, -0.1) is 10.2 Å². The Bertz CT molecular complexity index is 513. The molecule has 1 atom stereocenters. The van der Waals surface area contributed by atoms with Gasteiger partial charge in [0, 0.05) is 18.7 Å². The summed E-state index contributed by atoms with van der Waals surface area (Å²) in [5.41, 5.74) is 7.79. The Morgan fingerprint density at radius 3 is 2.50 bits per heavy atom. The van der Waals surface area contributed by atoms with E-state index in [9.17, 15) is 0 Å². The van der Waals surface area contributed by atoms with Gasteiger partial charge in [-0.2, -0.15) is 0 Å². The Kier molecular flexibility index (Phi) is 3.65. The standard InChI is InChI=1S/C14H20N4/c1-4-18-11(3)16-17-14(18)9-10(2)12-5-7-13(15)8-6-12/h5-8,10H,4,9,15H2,1-3H3. The largest absolute Gasteiger partial charge is 0.399 e. The van der Waals surface area contributed by atoms with Crippen LogP contribution in [0.5, 0.6) is 0 Å². The number of nitrogen functional groups attached to an aromatic ring is 1. The van der Waals surface area contributed by atoms with Gasteiger partial charge in [-0.3, -0.25) is 0 Å². The molecular weight excluding hydrogens is 224 g/mol. The van der Waals surface area contributed by atoms with Crippen molar-refractivity contribution in [3.05, 3.63) is 41.5 Å². The van der Waals surface area contributed by atoms with E-state index in [4.69, 9.17) is 5.73 Å². The van der Waals surface area contributed by atoms with E-state index in [0.29, 0.717) is 5.92 Å². The summed E-state index contributed by atoms with van der Waals surface area (Å²) in [7, 11) is 0. The number of aryl methyl sites for hydroxylation is 1. The maximum Gasteiger partial charge on any atom is 0.133 e. The van der Waals surface area contributed by atoms with Crippen molar-refractivity contribution in [2.24, 2.45) is 0 Å². The summed E-state index contributed by atoms with van der Waals surface area (Å²) < 4.78 is 2.16. The van der Waals surface area contributed by atoms with Crippen LogP contribution < -0.4 is 5.73 Å². The van der Waals surface area contributed by atoms with Gasteiger partial charge in [-0.05, 0) is 37.5 Å². The van der Waals surface area contributed by atoms with Gasteiger partial charge in [0.2, 0.25) is 0 Å². The van der Waals surface area contributed by atoms with Crippen molar-refractivity contribution in [2.45, 2.75) is 39.7 Å². The quantitative estimate of drug-likeness (QED) is 0.841. The summed E-state index contributed by atoms with van der Waals surface area (Å²) in [4.78, 5) is 0. The highest BCUT2D eigenvalue weighted by molar-refractivity contribution is 5.40. The van der Waals surface area contributed by atoms with Crippen molar-refractivity contribution >= 4 is 5.69 Å². The van der Waals surface area contributed by atoms with Crippen molar-refractivity contribution in [2.75, 3.05) is 5.73 Å². The molecule has 0 aliphatic carbocycles. The average Bonchev–Trinajstić information content (AvgIpc) is 2.70. The third-order valence-corrected chi connectivity index (χ3v) is 3.32. The molecule has 0 saturated heterocycles. The summed E-state index contributed by atoms with van der Waals surface area (Å²) >= 11 is 0. The van der Waals surface area contributed by atoms with Crippen LogP contribution in [0, 0.1) is 6.92 Å². The Labute approximate surface area is 108 Å². The molecule has 1 aromatic heterocycles. The first-order valence-electron chi connectivity index (χ1n) is 6.36. The lowest BCUT2D eigenvalue weighted by molar-refractivity contribution is 0.633. The SMILES string of the molecule is CCn1c(C)nnc1CC(C)c1ccc(N)cc1. The average molecular weight is 244 g/mol. The van der Waals surface area contributed by atoms with E-state index < -0.39 is 0 Å². The van der Waals surface area contributed by atoms with Crippen LogP contribution in [-0.2, 0) is 13.0 Å². The van der Waals surface area contributed by atoms with Crippen molar-refractivity contribution < 1.29 is 0 Å². The molecule has 0 saturated carbocycles. The summed E-state index contributed by atoms with van der Waals surface area (Å²) in [5.74, 6) is 2.45. The summed E-state index contributed by atoms with van der Waals surface area (Å²) in [6, 6.07) is 8.06. The molecule has 0 radical (unpaired) electrons. The molecule has 2 rings (SSSR count). The van der Waals surface area contributed by atoms with E-state index >= 15 is 0 Å². The first-order chi connectivity index (χ1) is 8.61. The molecule has 1 unspecified atom stereocenters. The van der Waals surface area contributed by atoms with E-state index in [2.05, 4.69) is 40.7 Å². The molecule has 4 heteroatoms. The van der Waals surface area contributed by atoms with Gasteiger partial charge in [-0.25, -0.2) is 0 Å². The molecule has 0 aliphatic heterocycles. The number of anilines is 1. The number of aromatic nitrogens is 3. The van der Waals surface area contributed by atoms with Crippen LogP contribution >= 0.6 is 0 Å². The fourth-order valence-electron chi connectivity index (χ4n) is 2.20. The fraction of sp³-hybridized carbons (Fsp3) is 0.429. The lowest BCUT2D eigenvalue weighted by Crippen LogP contribution is -2.08. The zero-order valence-corrected chi connectivity index (χ0v) is 11.2. The molecule has 0 fully saturated rings. The second kappa shape index (κ2) is 5.21. The second-order valence-electron chi connectivity index (χ2n) is 4.68. The molecule has 0 aliphatic rings. The van der Waals surface area contributed by atoms with E-state index in [1.165, 1.54) is 5.56 Å². The summed E-state index contributed by atoms with van der Waals surface area (Å²) in [6.07, 6.45) is 0.901. The van der Waals surface area contributed by atoms with Gasteiger partial charge in [0.15, 0.2) is 0 Å². The van der Waals surface area contributed by atoms with E-state index in [1.807, 2.05) is 19.1 Å². The minimum Gasteiger partial charge on any atom is -0.399 e. The molecular formula is C14H20N4. The van der Waals surface area contributed by atoms with Crippen molar-refractivity contribution in [3.8, 4) is 0 Å². The van der Waals surface area contributed by atoms with Gasteiger partial charge >= 0.3 is 0 Å². The highest BCUT2D eigenvalue weighted by Gasteiger charge is 2.12. The predicted octanol–water partition coefficient (Wildman–Crippen LogP) is 2.53. The van der Waals surface area contributed by atoms with Crippen LogP contribution in [0.4, 0.5) is 5.69 Å². The fourth-order valence-corrected chi connectivity index (χ4v) is 2.20. The van der Waals surface area contributed by atoms with Gasteiger partial charge < -0.3 is 10.3 Å². The lowest BCUT2D eigenvalue weighted by Gasteiger charge is -2.12. The number of rotatable bonds is 4. The normalized spacial score (nSPS) is 12.6. The molecule has 0 amide bonds. The topological polar surface area (TPSA) is 56.7 Å². The first kappa shape index (κ1) is 12.6. The Hall–Kier alpha value is -1.84. The highest BCUT2D eigenvalue weighted by Crippen LogP contribution is 2.21. The van der Waals surface area contributed by atoms with E-state index in [0.717, 1.165) is 30.3 Å². The van der Waals surface area contributed by atoms with Crippen LogP contribution in [0.1, 0.15) is 37.0 Å². The molecule has 4 nitrogen and oxygen atoms in total. The van der Waals surface area contributed by atoms with Crippen molar-refractivity contribution in [1.29, 1.82) is 0 Å². The summed E-state index contributed by atoms with van der Waals surface area (Å²) in [6.45, 7) is 7.24. The molecule has 0 spiro atoms. The Morgan fingerprint density at radius 1 is 1.22 bits per heavy atom. The molecule has 2 aromatic rings. The van der Waals surface area contributed by atoms with Gasteiger partial charge in [-0.1, -0.05) is 19.1 Å². The molecule has 2 N–H and O–H groups in total. The van der Waals surface area contributed by atoms with Crippen LogP contribution in [0.25, 0.3) is 0 Å².